The molecule has 0 radical (unpaired) electrons. The second-order valence-corrected chi connectivity index (χ2v) is 8.03. The van der Waals surface area contributed by atoms with Gasteiger partial charge in [-0.1, -0.05) is 0 Å². The molecule has 0 aliphatic heterocycles. The molecule has 1 aromatic carbocycles. The SMILES string of the molecule is Cc1ccc(CC(C)Nc2cc(N)cc(S(N)(=O)=O)c2)s1. The topological polar surface area (TPSA) is 98.2 Å². The molecule has 5 nitrogen and oxygen atoms in total. The summed E-state index contributed by atoms with van der Waals surface area (Å²) in [5, 5.41) is 8.40. The average Bonchev–Trinajstić information content (AvgIpc) is 2.72. The molecule has 2 aromatic rings. The Morgan fingerprint density at radius 3 is 2.57 bits per heavy atom. The molecular formula is C14H19N3O2S2. The Bertz CT molecular complexity index is 738. The number of sulfonamides is 1. The number of benzene rings is 1. The molecule has 114 valence electrons. The van der Waals surface area contributed by atoms with Crippen LogP contribution in [0.1, 0.15) is 16.7 Å². The molecule has 0 amide bonds. The Hall–Kier alpha value is -1.57. The Balaban J connectivity index is 2.13. The van der Waals surface area contributed by atoms with Gasteiger partial charge in [0.1, 0.15) is 0 Å². The van der Waals surface area contributed by atoms with Crippen LogP contribution in [0.3, 0.4) is 0 Å². The normalized spacial score (nSPS) is 13.1. The van der Waals surface area contributed by atoms with Crippen molar-refractivity contribution < 1.29 is 8.42 Å². The molecule has 1 atom stereocenters. The predicted molar refractivity (Wildman–Crippen MR) is 88.1 cm³/mol. The molecule has 21 heavy (non-hydrogen) atoms. The smallest absolute Gasteiger partial charge is 0.238 e. The quantitative estimate of drug-likeness (QED) is 0.735. The van der Waals surface area contributed by atoms with Gasteiger partial charge in [0.15, 0.2) is 0 Å². The highest BCUT2D eigenvalue weighted by Gasteiger charge is 2.12. The molecule has 0 aliphatic rings. The van der Waals surface area contributed by atoms with Crippen LogP contribution in [0.25, 0.3) is 0 Å². The Labute approximate surface area is 129 Å². The van der Waals surface area contributed by atoms with E-state index in [0.29, 0.717) is 11.4 Å². The number of hydrogen-bond acceptors (Lipinski definition) is 5. The molecule has 0 aliphatic carbocycles. The number of primary sulfonamides is 1. The van der Waals surface area contributed by atoms with Crippen LogP contribution in [-0.2, 0) is 16.4 Å². The van der Waals surface area contributed by atoms with Gasteiger partial charge < -0.3 is 11.1 Å². The van der Waals surface area contributed by atoms with Crippen molar-refractivity contribution in [3.63, 3.8) is 0 Å². The van der Waals surface area contributed by atoms with E-state index in [9.17, 15) is 8.42 Å². The van der Waals surface area contributed by atoms with E-state index < -0.39 is 10.0 Å². The van der Waals surface area contributed by atoms with Crippen LogP contribution in [0.15, 0.2) is 35.2 Å². The van der Waals surface area contributed by atoms with Gasteiger partial charge in [0.2, 0.25) is 10.0 Å². The first kappa shape index (κ1) is 15.8. The van der Waals surface area contributed by atoms with Crippen LogP contribution < -0.4 is 16.2 Å². The van der Waals surface area contributed by atoms with E-state index in [4.69, 9.17) is 10.9 Å². The summed E-state index contributed by atoms with van der Waals surface area (Å²) in [5.74, 6) is 0. The summed E-state index contributed by atoms with van der Waals surface area (Å²) in [7, 11) is -3.76. The highest BCUT2D eigenvalue weighted by molar-refractivity contribution is 7.89. The largest absolute Gasteiger partial charge is 0.399 e. The number of nitrogens with one attached hydrogen (secondary N) is 1. The summed E-state index contributed by atoms with van der Waals surface area (Å²) in [4.78, 5) is 2.57. The van der Waals surface area contributed by atoms with E-state index >= 15 is 0 Å². The van der Waals surface area contributed by atoms with Crippen molar-refractivity contribution in [3.8, 4) is 0 Å². The van der Waals surface area contributed by atoms with E-state index in [1.54, 1.807) is 17.4 Å². The van der Waals surface area contributed by atoms with Gasteiger partial charge in [-0.25, -0.2) is 13.6 Å². The van der Waals surface area contributed by atoms with Gasteiger partial charge in [0.25, 0.3) is 0 Å². The fourth-order valence-corrected chi connectivity index (χ4v) is 3.71. The van der Waals surface area contributed by atoms with Crippen LogP contribution in [0.2, 0.25) is 0 Å². The van der Waals surface area contributed by atoms with Crippen LogP contribution in [-0.4, -0.2) is 14.5 Å². The highest BCUT2D eigenvalue weighted by Crippen LogP contribution is 2.22. The lowest BCUT2D eigenvalue weighted by Crippen LogP contribution is -2.19. The van der Waals surface area contributed by atoms with Gasteiger partial charge in [-0.05, 0) is 44.2 Å². The summed E-state index contributed by atoms with van der Waals surface area (Å²) >= 11 is 1.76. The molecule has 1 unspecified atom stereocenters. The van der Waals surface area contributed by atoms with Crippen molar-refractivity contribution in [1.82, 2.24) is 0 Å². The molecular weight excluding hydrogens is 306 g/mol. The monoisotopic (exact) mass is 325 g/mol. The van der Waals surface area contributed by atoms with E-state index in [2.05, 4.69) is 24.4 Å². The maximum Gasteiger partial charge on any atom is 0.238 e. The average molecular weight is 325 g/mol. The summed E-state index contributed by atoms with van der Waals surface area (Å²) in [6.45, 7) is 4.11. The number of rotatable bonds is 5. The minimum atomic E-state index is -3.76. The standard InChI is InChI=1S/C14H19N3O2S2/c1-9(5-13-4-3-10(2)20-13)17-12-6-11(15)7-14(8-12)21(16,18)19/h3-4,6-9,17H,5,15H2,1-2H3,(H2,16,18,19). The molecule has 7 heteroatoms. The van der Waals surface area contributed by atoms with Crippen LogP contribution in [0, 0.1) is 6.92 Å². The molecule has 2 rings (SSSR count). The van der Waals surface area contributed by atoms with Gasteiger partial charge >= 0.3 is 0 Å². The summed E-state index contributed by atoms with van der Waals surface area (Å²) in [6, 6.07) is 8.90. The Morgan fingerprint density at radius 2 is 2.00 bits per heavy atom. The maximum absolute atomic E-state index is 11.4. The van der Waals surface area contributed by atoms with E-state index in [0.717, 1.165) is 6.42 Å². The van der Waals surface area contributed by atoms with Crippen LogP contribution >= 0.6 is 11.3 Å². The number of aryl methyl sites for hydroxylation is 1. The minimum Gasteiger partial charge on any atom is -0.399 e. The number of hydrogen-bond donors (Lipinski definition) is 3. The lowest BCUT2D eigenvalue weighted by atomic mass is 10.2. The zero-order chi connectivity index (χ0) is 15.6. The van der Waals surface area contributed by atoms with Crippen molar-refractivity contribution in [2.24, 2.45) is 5.14 Å². The first-order valence-corrected chi connectivity index (χ1v) is 8.85. The van der Waals surface area contributed by atoms with Crippen molar-refractivity contribution in [1.29, 1.82) is 0 Å². The molecule has 1 heterocycles. The number of thiophene rings is 1. The van der Waals surface area contributed by atoms with Crippen molar-refractivity contribution in [2.45, 2.75) is 31.2 Å². The lowest BCUT2D eigenvalue weighted by molar-refractivity contribution is 0.598. The highest BCUT2D eigenvalue weighted by atomic mass is 32.2. The van der Waals surface area contributed by atoms with Crippen molar-refractivity contribution >= 4 is 32.7 Å². The number of anilines is 2. The second-order valence-electron chi connectivity index (χ2n) is 5.10. The molecule has 0 saturated heterocycles. The van der Waals surface area contributed by atoms with E-state index in [1.807, 2.05) is 6.92 Å². The van der Waals surface area contributed by atoms with Crippen molar-refractivity contribution in [3.05, 3.63) is 40.1 Å². The Kier molecular flexibility index (Phi) is 4.55. The van der Waals surface area contributed by atoms with E-state index in [-0.39, 0.29) is 10.9 Å². The fraction of sp³-hybridized carbons (Fsp3) is 0.286. The molecule has 0 saturated carbocycles. The van der Waals surface area contributed by atoms with Gasteiger partial charge in [-0.2, -0.15) is 0 Å². The van der Waals surface area contributed by atoms with Gasteiger partial charge in [0, 0.05) is 33.6 Å². The minimum absolute atomic E-state index is 0.0177. The van der Waals surface area contributed by atoms with E-state index in [1.165, 1.54) is 21.9 Å². The zero-order valence-electron chi connectivity index (χ0n) is 12.0. The first-order chi connectivity index (χ1) is 9.74. The number of nitrogen functional groups attached to an aromatic ring is 1. The lowest BCUT2D eigenvalue weighted by Gasteiger charge is -2.15. The molecule has 5 N–H and O–H groups in total. The third-order valence-corrected chi connectivity index (χ3v) is 4.89. The predicted octanol–water partition coefficient (Wildman–Crippen LogP) is 2.33. The third kappa shape index (κ3) is 4.45. The third-order valence-electron chi connectivity index (χ3n) is 2.97. The molecule has 0 spiro atoms. The van der Waals surface area contributed by atoms with Crippen molar-refractivity contribution in [2.75, 3.05) is 11.1 Å². The van der Waals surface area contributed by atoms with Gasteiger partial charge in [-0.15, -0.1) is 11.3 Å². The fourth-order valence-electron chi connectivity index (χ4n) is 2.10. The zero-order valence-corrected chi connectivity index (χ0v) is 13.6. The Morgan fingerprint density at radius 1 is 1.29 bits per heavy atom. The summed E-state index contributed by atoms with van der Waals surface area (Å²) in [5.41, 5.74) is 6.75. The summed E-state index contributed by atoms with van der Waals surface area (Å²) in [6.07, 6.45) is 0.859. The van der Waals surface area contributed by atoms with Crippen LogP contribution in [0.4, 0.5) is 11.4 Å². The summed E-state index contributed by atoms with van der Waals surface area (Å²) < 4.78 is 22.8. The van der Waals surface area contributed by atoms with Gasteiger partial charge in [-0.3, -0.25) is 0 Å². The molecule has 1 aromatic heterocycles. The van der Waals surface area contributed by atoms with Crippen LogP contribution in [0.5, 0.6) is 0 Å². The maximum atomic E-state index is 11.4. The first-order valence-electron chi connectivity index (χ1n) is 6.49. The second kappa shape index (κ2) is 6.05. The number of nitrogens with two attached hydrogens (primary N) is 2. The van der Waals surface area contributed by atoms with Gasteiger partial charge in [0.05, 0.1) is 4.90 Å². The molecule has 0 bridgehead atoms. The molecule has 0 fully saturated rings.